The summed E-state index contributed by atoms with van der Waals surface area (Å²) in [6.07, 6.45) is 5.06. The summed E-state index contributed by atoms with van der Waals surface area (Å²) in [5, 5.41) is 3.15. The topological polar surface area (TPSA) is 84.7 Å². The lowest BCUT2D eigenvalue weighted by molar-refractivity contribution is 0.104. The van der Waals surface area contributed by atoms with Gasteiger partial charge in [-0.15, -0.1) is 11.3 Å². The van der Waals surface area contributed by atoms with Gasteiger partial charge in [0.15, 0.2) is 5.01 Å². The van der Waals surface area contributed by atoms with E-state index >= 15 is 0 Å². The third kappa shape index (κ3) is 2.05. The number of pyridine rings is 1. The molecule has 0 aliphatic carbocycles. The molecule has 3 rings (SSSR count). The molecule has 6 heteroatoms. The molecule has 3 aromatic heterocycles. The van der Waals surface area contributed by atoms with E-state index in [0.717, 1.165) is 16.6 Å². The van der Waals surface area contributed by atoms with Crippen molar-refractivity contribution in [2.45, 2.75) is 13.0 Å². The van der Waals surface area contributed by atoms with Gasteiger partial charge in [-0.3, -0.25) is 9.78 Å². The van der Waals surface area contributed by atoms with Gasteiger partial charge in [-0.2, -0.15) is 0 Å². The molecule has 5 nitrogen and oxygen atoms in total. The molecule has 0 fully saturated rings. The molecule has 3 aromatic rings. The second-order valence-electron chi connectivity index (χ2n) is 4.32. The third-order valence-corrected chi connectivity index (χ3v) is 3.77. The number of carbonyl (C=O) groups is 1. The van der Waals surface area contributed by atoms with Crippen LogP contribution in [0, 0.1) is 0 Å². The number of aromatic nitrogens is 3. The number of carbonyl (C=O) groups excluding carboxylic acids is 1. The SMILES string of the molecule is C[C@H](N)c1csc(C(=O)c2c[nH]c3cnccc23)n1. The van der Waals surface area contributed by atoms with E-state index in [1.54, 1.807) is 18.6 Å². The number of hydrogen-bond donors (Lipinski definition) is 2. The summed E-state index contributed by atoms with van der Waals surface area (Å²) in [7, 11) is 0. The van der Waals surface area contributed by atoms with Crippen molar-refractivity contribution in [3.63, 3.8) is 0 Å². The standard InChI is InChI=1S/C13H12N4OS/c1-7(14)11-6-19-13(17-11)12(18)9-4-16-10-5-15-3-2-8(9)10/h2-7,16H,14H2,1H3/t7-/m0/s1. The van der Waals surface area contributed by atoms with Gasteiger partial charge in [0.05, 0.1) is 23.0 Å². The van der Waals surface area contributed by atoms with Crippen LogP contribution >= 0.6 is 11.3 Å². The first-order valence-electron chi connectivity index (χ1n) is 5.83. The highest BCUT2D eigenvalue weighted by Gasteiger charge is 2.18. The van der Waals surface area contributed by atoms with Gasteiger partial charge < -0.3 is 10.7 Å². The summed E-state index contributed by atoms with van der Waals surface area (Å²) in [6.45, 7) is 1.85. The highest BCUT2D eigenvalue weighted by atomic mass is 32.1. The lowest BCUT2D eigenvalue weighted by atomic mass is 10.1. The Morgan fingerprint density at radius 2 is 2.37 bits per heavy atom. The van der Waals surface area contributed by atoms with Crippen molar-refractivity contribution in [1.29, 1.82) is 0 Å². The zero-order valence-corrected chi connectivity index (χ0v) is 11.1. The molecule has 0 saturated heterocycles. The van der Waals surface area contributed by atoms with Crippen molar-refractivity contribution < 1.29 is 4.79 Å². The van der Waals surface area contributed by atoms with Gasteiger partial charge >= 0.3 is 0 Å². The maximum absolute atomic E-state index is 12.4. The Balaban J connectivity index is 2.03. The predicted molar refractivity (Wildman–Crippen MR) is 74.2 cm³/mol. The summed E-state index contributed by atoms with van der Waals surface area (Å²) >= 11 is 1.32. The van der Waals surface area contributed by atoms with E-state index in [1.165, 1.54) is 11.3 Å². The van der Waals surface area contributed by atoms with Crippen LogP contribution in [-0.4, -0.2) is 20.7 Å². The van der Waals surface area contributed by atoms with Gasteiger partial charge in [-0.25, -0.2) is 4.98 Å². The molecule has 0 bridgehead atoms. The molecule has 3 N–H and O–H groups in total. The number of nitrogens with zero attached hydrogens (tertiary/aromatic N) is 2. The highest BCUT2D eigenvalue weighted by molar-refractivity contribution is 7.12. The van der Waals surface area contributed by atoms with E-state index in [-0.39, 0.29) is 11.8 Å². The first-order chi connectivity index (χ1) is 9.16. The van der Waals surface area contributed by atoms with Gasteiger partial charge in [0.25, 0.3) is 0 Å². The lowest BCUT2D eigenvalue weighted by Crippen LogP contribution is -2.06. The van der Waals surface area contributed by atoms with Crippen LogP contribution in [0.2, 0.25) is 0 Å². The van der Waals surface area contributed by atoms with Gasteiger partial charge in [0.1, 0.15) is 0 Å². The van der Waals surface area contributed by atoms with Crippen molar-refractivity contribution in [1.82, 2.24) is 15.0 Å². The van der Waals surface area contributed by atoms with E-state index < -0.39 is 0 Å². The average Bonchev–Trinajstić information content (AvgIpc) is 3.05. The fraction of sp³-hybridized carbons (Fsp3) is 0.154. The van der Waals surface area contributed by atoms with Crippen LogP contribution in [0.1, 0.15) is 34.0 Å². The van der Waals surface area contributed by atoms with Crippen LogP contribution in [0.3, 0.4) is 0 Å². The minimum atomic E-state index is -0.162. The number of ketones is 1. The van der Waals surface area contributed by atoms with Gasteiger partial charge in [-0.05, 0) is 13.0 Å². The van der Waals surface area contributed by atoms with E-state index in [2.05, 4.69) is 15.0 Å². The molecule has 3 heterocycles. The van der Waals surface area contributed by atoms with Crippen molar-refractivity contribution in [2.75, 3.05) is 0 Å². The zero-order chi connectivity index (χ0) is 13.4. The summed E-state index contributed by atoms with van der Waals surface area (Å²) in [5.74, 6) is -0.0886. The molecule has 0 radical (unpaired) electrons. The summed E-state index contributed by atoms with van der Waals surface area (Å²) in [6, 6.07) is 1.66. The Morgan fingerprint density at radius 3 is 3.11 bits per heavy atom. The van der Waals surface area contributed by atoms with Crippen LogP contribution in [0.25, 0.3) is 10.9 Å². The van der Waals surface area contributed by atoms with Crippen LogP contribution < -0.4 is 5.73 Å². The fourth-order valence-electron chi connectivity index (χ4n) is 1.87. The van der Waals surface area contributed by atoms with Crippen LogP contribution in [-0.2, 0) is 0 Å². The summed E-state index contributed by atoms with van der Waals surface area (Å²) < 4.78 is 0. The molecule has 0 spiro atoms. The Morgan fingerprint density at radius 1 is 1.53 bits per heavy atom. The van der Waals surface area contributed by atoms with Gasteiger partial charge in [0.2, 0.25) is 5.78 Å². The minimum Gasteiger partial charge on any atom is -0.359 e. The summed E-state index contributed by atoms with van der Waals surface area (Å²) in [4.78, 5) is 23.8. The molecule has 1 atom stereocenters. The lowest BCUT2D eigenvalue weighted by Gasteiger charge is -1.98. The maximum atomic E-state index is 12.4. The largest absolute Gasteiger partial charge is 0.359 e. The quantitative estimate of drug-likeness (QED) is 0.716. The van der Waals surface area contributed by atoms with E-state index in [0.29, 0.717) is 10.6 Å². The number of thiazole rings is 1. The number of fused-ring (bicyclic) bond motifs is 1. The van der Waals surface area contributed by atoms with Crippen LogP contribution in [0.4, 0.5) is 0 Å². The van der Waals surface area contributed by atoms with Crippen molar-refractivity contribution in [3.8, 4) is 0 Å². The van der Waals surface area contributed by atoms with Crippen molar-refractivity contribution >= 4 is 28.0 Å². The van der Waals surface area contributed by atoms with Crippen molar-refractivity contribution in [3.05, 3.63) is 46.3 Å². The maximum Gasteiger partial charge on any atom is 0.223 e. The van der Waals surface area contributed by atoms with Crippen molar-refractivity contribution in [2.24, 2.45) is 5.73 Å². The molecule has 0 amide bonds. The highest BCUT2D eigenvalue weighted by Crippen LogP contribution is 2.23. The second-order valence-corrected chi connectivity index (χ2v) is 5.18. The molecule has 0 aromatic carbocycles. The van der Waals surface area contributed by atoms with E-state index in [9.17, 15) is 4.79 Å². The smallest absolute Gasteiger partial charge is 0.223 e. The van der Waals surface area contributed by atoms with Crippen LogP contribution in [0.15, 0.2) is 30.0 Å². The number of nitrogens with one attached hydrogen (secondary N) is 1. The Bertz CT molecular complexity index is 744. The molecular formula is C13H12N4OS. The first-order valence-corrected chi connectivity index (χ1v) is 6.71. The van der Waals surface area contributed by atoms with Gasteiger partial charge in [0, 0.05) is 29.2 Å². The molecule has 96 valence electrons. The molecule has 0 unspecified atom stereocenters. The molecule has 0 aliphatic heterocycles. The molecule has 19 heavy (non-hydrogen) atoms. The van der Waals surface area contributed by atoms with Gasteiger partial charge in [-0.1, -0.05) is 0 Å². The number of aromatic amines is 1. The Kier molecular flexibility index (Phi) is 2.88. The zero-order valence-electron chi connectivity index (χ0n) is 10.3. The Hall–Kier alpha value is -2.05. The molecule has 0 aliphatic rings. The Labute approximate surface area is 113 Å². The average molecular weight is 272 g/mol. The predicted octanol–water partition coefficient (Wildman–Crippen LogP) is 2.27. The first kappa shape index (κ1) is 12.0. The van der Waals surface area contributed by atoms with E-state index in [4.69, 9.17) is 5.73 Å². The monoisotopic (exact) mass is 272 g/mol. The number of hydrogen-bond acceptors (Lipinski definition) is 5. The minimum absolute atomic E-state index is 0.0886. The van der Waals surface area contributed by atoms with Crippen LogP contribution in [0.5, 0.6) is 0 Å². The normalized spacial score (nSPS) is 12.7. The molecule has 0 saturated carbocycles. The number of nitrogens with two attached hydrogens (primary N) is 1. The number of rotatable bonds is 3. The third-order valence-electron chi connectivity index (χ3n) is 2.91. The fourth-order valence-corrected chi connectivity index (χ4v) is 2.75. The molecular weight excluding hydrogens is 260 g/mol. The number of H-pyrrole nitrogens is 1. The summed E-state index contributed by atoms with van der Waals surface area (Å²) in [5.41, 5.74) is 7.96. The van der Waals surface area contributed by atoms with E-state index in [1.807, 2.05) is 18.4 Å². The second kappa shape index (κ2) is 4.56.